The molecule has 12 heteroatoms. The molecule has 2 aliphatic heterocycles. The van der Waals surface area contributed by atoms with Gasteiger partial charge >= 0.3 is 0 Å². The van der Waals surface area contributed by atoms with E-state index in [9.17, 15) is 4.79 Å². The van der Waals surface area contributed by atoms with Gasteiger partial charge in [0.15, 0.2) is 0 Å². The van der Waals surface area contributed by atoms with E-state index in [-0.39, 0.29) is 17.4 Å². The molecule has 0 saturated carbocycles. The van der Waals surface area contributed by atoms with E-state index >= 15 is 0 Å². The molecule has 0 aliphatic carbocycles. The second-order valence-electron chi connectivity index (χ2n) is 11.7. The summed E-state index contributed by atoms with van der Waals surface area (Å²) in [5, 5.41) is 20.4. The molecule has 2 atom stereocenters. The van der Waals surface area contributed by atoms with Gasteiger partial charge in [-0.25, -0.2) is 9.97 Å². The summed E-state index contributed by atoms with van der Waals surface area (Å²) in [4.78, 5) is 25.0. The fourth-order valence-corrected chi connectivity index (χ4v) is 6.10. The normalized spacial score (nSPS) is 19.5. The van der Waals surface area contributed by atoms with Gasteiger partial charge in [-0.3, -0.25) is 14.4 Å². The molecule has 214 valence electrons. The molecule has 1 fully saturated rings. The van der Waals surface area contributed by atoms with Crippen LogP contribution in [0.5, 0.6) is 0 Å². The highest BCUT2D eigenvalue weighted by molar-refractivity contribution is 7.13. The van der Waals surface area contributed by atoms with Crippen molar-refractivity contribution in [1.82, 2.24) is 40.2 Å². The molecule has 11 nitrogen and oxygen atoms in total. The summed E-state index contributed by atoms with van der Waals surface area (Å²) in [5.74, 6) is 0.324. The summed E-state index contributed by atoms with van der Waals surface area (Å²) in [6.07, 6.45) is 7.18. The van der Waals surface area contributed by atoms with Gasteiger partial charge in [0.1, 0.15) is 5.01 Å². The van der Waals surface area contributed by atoms with Gasteiger partial charge < -0.3 is 15.4 Å². The van der Waals surface area contributed by atoms with Gasteiger partial charge in [0.2, 0.25) is 11.0 Å². The van der Waals surface area contributed by atoms with E-state index < -0.39 is 0 Å². The standard InChI is InChI=1S/C29H35N9O2S/c1-29(2,3)27-36-35-26(41-27)25(39)33-24-8-11-38(21-9-12-40-17-21)15-19-13-18(5-6-22(19)24)23-7-10-30-28(34-23)32-20-14-31-37(4)16-20/h5-7,10,13-14,16,21,24H,8-9,11-12,15,17H2,1-4H3,(H,33,39)(H,30,32,34)/t21-,24-/m0/s1. The summed E-state index contributed by atoms with van der Waals surface area (Å²) in [5.41, 5.74) is 4.77. The molecule has 4 aromatic rings. The quantitative estimate of drug-likeness (QED) is 0.349. The Morgan fingerprint density at radius 1 is 1.17 bits per heavy atom. The Balaban J connectivity index is 1.28. The summed E-state index contributed by atoms with van der Waals surface area (Å²) in [6.45, 7) is 9.39. The van der Waals surface area contributed by atoms with Crippen LogP contribution in [0.15, 0.2) is 42.9 Å². The number of carbonyl (C=O) groups is 1. The minimum atomic E-state index is -0.183. The van der Waals surface area contributed by atoms with Crippen molar-refractivity contribution in [3.8, 4) is 11.3 Å². The first-order valence-corrected chi connectivity index (χ1v) is 14.7. The molecule has 2 N–H and O–H groups in total. The number of ether oxygens (including phenoxy) is 1. The maximum Gasteiger partial charge on any atom is 0.282 e. The second kappa shape index (κ2) is 11.3. The third kappa shape index (κ3) is 6.14. The van der Waals surface area contributed by atoms with Crippen LogP contribution < -0.4 is 10.6 Å². The Hall–Kier alpha value is -3.74. The highest BCUT2D eigenvalue weighted by Crippen LogP contribution is 2.33. The zero-order valence-corrected chi connectivity index (χ0v) is 24.6. The van der Waals surface area contributed by atoms with E-state index in [1.807, 2.05) is 19.3 Å². The lowest BCUT2D eigenvalue weighted by molar-refractivity contribution is 0.0928. The molecule has 1 saturated heterocycles. The first-order chi connectivity index (χ1) is 19.7. The molecule has 0 bridgehead atoms. The van der Waals surface area contributed by atoms with Crippen molar-refractivity contribution in [2.75, 3.05) is 25.1 Å². The predicted molar refractivity (Wildman–Crippen MR) is 157 cm³/mol. The van der Waals surface area contributed by atoms with Gasteiger partial charge in [0.05, 0.1) is 30.2 Å². The minimum absolute atomic E-state index is 0.144. The van der Waals surface area contributed by atoms with Crippen LogP contribution in [0.3, 0.4) is 0 Å². The highest BCUT2D eigenvalue weighted by Gasteiger charge is 2.31. The van der Waals surface area contributed by atoms with E-state index in [1.165, 1.54) is 16.9 Å². The SMILES string of the molecule is Cn1cc(Nc2nccc(-c3ccc4c(c3)CN([C@H]3CCOC3)CC[C@@H]4NC(=O)c3nnc(C(C)(C)C)s3)n2)cn1. The fourth-order valence-electron chi connectivity index (χ4n) is 5.29. The molecule has 41 heavy (non-hydrogen) atoms. The molecule has 1 amide bonds. The number of amides is 1. The summed E-state index contributed by atoms with van der Waals surface area (Å²) in [6, 6.07) is 8.53. The zero-order chi connectivity index (χ0) is 28.6. The topological polar surface area (TPSA) is 123 Å². The van der Waals surface area contributed by atoms with E-state index in [0.29, 0.717) is 17.0 Å². The van der Waals surface area contributed by atoms with E-state index in [2.05, 4.69) is 74.8 Å². The number of benzene rings is 1. The molecule has 2 aliphatic rings. The van der Waals surface area contributed by atoms with Crippen LogP contribution in [-0.2, 0) is 23.7 Å². The second-order valence-corrected chi connectivity index (χ2v) is 12.6. The molecule has 3 aromatic heterocycles. The van der Waals surface area contributed by atoms with E-state index in [0.717, 1.165) is 66.7 Å². The number of nitrogens with zero attached hydrogens (tertiary/aromatic N) is 7. The first kappa shape index (κ1) is 27.4. The van der Waals surface area contributed by atoms with Crippen LogP contribution in [0.4, 0.5) is 11.6 Å². The van der Waals surface area contributed by atoms with Crippen LogP contribution in [0.2, 0.25) is 0 Å². The summed E-state index contributed by atoms with van der Waals surface area (Å²) >= 11 is 1.36. The highest BCUT2D eigenvalue weighted by atomic mass is 32.1. The molecule has 0 radical (unpaired) electrons. The number of aryl methyl sites for hydroxylation is 1. The first-order valence-electron chi connectivity index (χ1n) is 13.9. The van der Waals surface area contributed by atoms with Crippen LogP contribution in [0.25, 0.3) is 11.3 Å². The lowest BCUT2D eigenvalue weighted by Gasteiger charge is -2.26. The number of nitrogens with one attached hydrogen (secondary N) is 2. The van der Waals surface area contributed by atoms with Crippen molar-refractivity contribution in [3.63, 3.8) is 0 Å². The number of aromatic nitrogens is 6. The van der Waals surface area contributed by atoms with Crippen LogP contribution in [-0.4, -0.2) is 66.6 Å². The molecular formula is C29H35N9O2S. The number of hydrogen-bond acceptors (Lipinski definition) is 10. The Labute approximate surface area is 243 Å². The average molecular weight is 574 g/mol. The van der Waals surface area contributed by atoms with Crippen molar-refractivity contribution in [2.45, 2.75) is 57.7 Å². The molecule has 5 heterocycles. The van der Waals surface area contributed by atoms with Gasteiger partial charge in [0.25, 0.3) is 5.91 Å². The van der Waals surface area contributed by atoms with Crippen molar-refractivity contribution in [3.05, 3.63) is 64.0 Å². The van der Waals surface area contributed by atoms with Gasteiger partial charge in [-0.15, -0.1) is 10.2 Å². The zero-order valence-electron chi connectivity index (χ0n) is 23.8. The number of fused-ring (bicyclic) bond motifs is 1. The summed E-state index contributed by atoms with van der Waals surface area (Å²) in [7, 11) is 1.87. The lowest BCUT2D eigenvalue weighted by Crippen LogP contribution is -2.36. The van der Waals surface area contributed by atoms with Crippen LogP contribution in [0.1, 0.15) is 65.6 Å². The largest absolute Gasteiger partial charge is 0.380 e. The third-order valence-electron chi connectivity index (χ3n) is 7.50. The smallest absolute Gasteiger partial charge is 0.282 e. The fraction of sp³-hybridized carbons (Fsp3) is 0.448. The number of anilines is 2. The third-order valence-corrected chi connectivity index (χ3v) is 8.85. The minimum Gasteiger partial charge on any atom is -0.380 e. The Morgan fingerprint density at radius 2 is 2.05 bits per heavy atom. The van der Waals surface area contributed by atoms with Crippen LogP contribution in [0, 0.1) is 0 Å². The number of rotatable bonds is 6. The monoisotopic (exact) mass is 573 g/mol. The van der Waals surface area contributed by atoms with Crippen molar-refractivity contribution in [2.24, 2.45) is 7.05 Å². The predicted octanol–water partition coefficient (Wildman–Crippen LogP) is 4.24. The average Bonchev–Trinajstić information content (AvgIpc) is 3.71. The number of carbonyl (C=O) groups excluding carboxylic acids is 1. The Kier molecular flexibility index (Phi) is 7.54. The molecular weight excluding hydrogens is 538 g/mol. The van der Waals surface area contributed by atoms with E-state index in [1.54, 1.807) is 17.1 Å². The van der Waals surface area contributed by atoms with Crippen molar-refractivity contribution in [1.29, 1.82) is 0 Å². The van der Waals surface area contributed by atoms with Crippen LogP contribution >= 0.6 is 11.3 Å². The molecule has 1 aromatic carbocycles. The van der Waals surface area contributed by atoms with Gasteiger partial charge in [-0.05, 0) is 36.1 Å². The maximum atomic E-state index is 13.3. The van der Waals surface area contributed by atoms with Crippen molar-refractivity contribution >= 4 is 28.9 Å². The number of hydrogen-bond donors (Lipinski definition) is 2. The maximum absolute atomic E-state index is 13.3. The summed E-state index contributed by atoms with van der Waals surface area (Å²) < 4.78 is 7.45. The van der Waals surface area contributed by atoms with Gasteiger partial charge in [-0.1, -0.05) is 44.2 Å². The Bertz CT molecular complexity index is 1540. The Morgan fingerprint density at radius 3 is 2.78 bits per heavy atom. The lowest BCUT2D eigenvalue weighted by atomic mass is 9.96. The van der Waals surface area contributed by atoms with E-state index in [4.69, 9.17) is 9.72 Å². The molecule has 6 rings (SSSR count). The van der Waals surface area contributed by atoms with Gasteiger partial charge in [-0.2, -0.15) is 5.10 Å². The molecule has 0 spiro atoms. The molecule has 0 unspecified atom stereocenters. The van der Waals surface area contributed by atoms with Gasteiger partial charge in [0, 0.05) is 56.2 Å². The van der Waals surface area contributed by atoms with Crippen molar-refractivity contribution < 1.29 is 9.53 Å².